The second-order valence-corrected chi connectivity index (χ2v) is 3.31. The highest BCUT2D eigenvalue weighted by molar-refractivity contribution is 6.28. The number of nitriles is 1. The number of nitrogen functional groups attached to an aromatic ring is 1. The Labute approximate surface area is 96.5 Å². The Balaban J connectivity index is 2.54. The van der Waals surface area contributed by atoms with Crippen LogP contribution in [0, 0.1) is 11.3 Å². The molecule has 0 bridgehead atoms. The highest BCUT2D eigenvalue weighted by atomic mass is 35.5. The van der Waals surface area contributed by atoms with Gasteiger partial charge in [-0.1, -0.05) is 6.07 Å². The quantitative estimate of drug-likeness (QED) is 0.754. The molecular formula is C10H6ClN5. The van der Waals surface area contributed by atoms with Crippen LogP contribution < -0.4 is 5.73 Å². The lowest BCUT2D eigenvalue weighted by atomic mass is 10.2. The Kier molecular flexibility index (Phi) is 2.66. The SMILES string of the molecule is N#Cc1cccc(-c2cc(N)nc(Cl)n2)n1. The van der Waals surface area contributed by atoms with Gasteiger partial charge in [-0.3, -0.25) is 0 Å². The molecule has 0 saturated carbocycles. The number of rotatable bonds is 1. The summed E-state index contributed by atoms with van der Waals surface area (Å²) in [4.78, 5) is 11.8. The number of halogens is 1. The minimum Gasteiger partial charge on any atom is -0.384 e. The van der Waals surface area contributed by atoms with Crippen LogP contribution in [-0.2, 0) is 0 Å². The van der Waals surface area contributed by atoms with E-state index in [4.69, 9.17) is 22.6 Å². The number of hydrogen-bond donors (Lipinski definition) is 1. The Morgan fingerprint density at radius 1 is 1.19 bits per heavy atom. The summed E-state index contributed by atoms with van der Waals surface area (Å²) in [5.41, 5.74) is 6.88. The molecule has 5 nitrogen and oxygen atoms in total. The minimum atomic E-state index is 0.0548. The van der Waals surface area contributed by atoms with Crippen molar-refractivity contribution in [3.63, 3.8) is 0 Å². The molecule has 2 N–H and O–H groups in total. The summed E-state index contributed by atoms with van der Waals surface area (Å²) < 4.78 is 0. The van der Waals surface area contributed by atoms with Crippen LogP contribution in [0.5, 0.6) is 0 Å². The van der Waals surface area contributed by atoms with Crippen LogP contribution in [0.3, 0.4) is 0 Å². The largest absolute Gasteiger partial charge is 0.384 e. The van der Waals surface area contributed by atoms with E-state index in [1.165, 1.54) is 0 Å². The molecule has 0 radical (unpaired) electrons. The van der Waals surface area contributed by atoms with E-state index >= 15 is 0 Å². The smallest absolute Gasteiger partial charge is 0.224 e. The summed E-state index contributed by atoms with van der Waals surface area (Å²) in [6.07, 6.45) is 0. The number of nitrogens with zero attached hydrogens (tertiary/aromatic N) is 4. The Morgan fingerprint density at radius 3 is 2.69 bits per heavy atom. The summed E-state index contributed by atoms with van der Waals surface area (Å²) >= 11 is 5.68. The van der Waals surface area contributed by atoms with Gasteiger partial charge in [-0.25, -0.2) is 15.0 Å². The van der Waals surface area contributed by atoms with Crippen molar-refractivity contribution in [2.75, 3.05) is 5.73 Å². The van der Waals surface area contributed by atoms with Crippen molar-refractivity contribution >= 4 is 17.4 Å². The molecule has 0 unspecified atom stereocenters. The van der Waals surface area contributed by atoms with Gasteiger partial charge < -0.3 is 5.73 Å². The maximum absolute atomic E-state index is 8.72. The van der Waals surface area contributed by atoms with Gasteiger partial charge in [0.2, 0.25) is 5.28 Å². The number of nitrogens with two attached hydrogens (primary N) is 1. The molecule has 0 aliphatic heterocycles. The fourth-order valence-electron chi connectivity index (χ4n) is 1.21. The maximum atomic E-state index is 8.72. The van der Waals surface area contributed by atoms with Crippen LogP contribution in [0.2, 0.25) is 5.28 Å². The van der Waals surface area contributed by atoms with Crippen molar-refractivity contribution in [3.05, 3.63) is 35.2 Å². The standard InChI is InChI=1S/C10H6ClN5/c11-10-15-8(4-9(13)16-10)7-3-1-2-6(5-12)14-7/h1-4H,(H2,13,15,16). The average Bonchev–Trinajstić information content (AvgIpc) is 2.28. The van der Waals surface area contributed by atoms with Gasteiger partial charge in [-0.05, 0) is 23.7 Å². The first kappa shape index (κ1) is 10.3. The second-order valence-electron chi connectivity index (χ2n) is 2.97. The fourth-order valence-corrected chi connectivity index (χ4v) is 1.40. The topological polar surface area (TPSA) is 88.5 Å². The highest BCUT2D eigenvalue weighted by Crippen LogP contribution is 2.18. The lowest BCUT2D eigenvalue weighted by molar-refractivity contribution is 1.15. The van der Waals surface area contributed by atoms with Crippen LogP contribution in [0.1, 0.15) is 5.69 Å². The zero-order valence-corrected chi connectivity index (χ0v) is 8.81. The van der Waals surface area contributed by atoms with Gasteiger partial charge in [-0.2, -0.15) is 5.26 Å². The first-order chi connectivity index (χ1) is 7.69. The second kappa shape index (κ2) is 4.13. The summed E-state index contributed by atoms with van der Waals surface area (Å²) in [6.45, 7) is 0. The van der Waals surface area contributed by atoms with Crippen molar-refractivity contribution in [2.24, 2.45) is 0 Å². The van der Waals surface area contributed by atoms with Gasteiger partial charge in [0.05, 0.1) is 11.4 Å². The molecule has 2 aromatic heterocycles. The highest BCUT2D eigenvalue weighted by Gasteiger charge is 2.05. The molecule has 6 heteroatoms. The number of pyridine rings is 1. The lowest BCUT2D eigenvalue weighted by Gasteiger charge is -2.01. The minimum absolute atomic E-state index is 0.0548. The van der Waals surface area contributed by atoms with Crippen molar-refractivity contribution in [2.45, 2.75) is 0 Å². The molecule has 0 aromatic carbocycles. The zero-order chi connectivity index (χ0) is 11.5. The maximum Gasteiger partial charge on any atom is 0.224 e. The summed E-state index contributed by atoms with van der Waals surface area (Å²) in [5, 5.41) is 8.78. The zero-order valence-electron chi connectivity index (χ0n) is 8.05. The molecule has 2 rings (SSSR count). The predicted molar refractivity (Wildman–Crippen MR) is 59.4 cm³/mol. The van der Waals surface area contributed by atoms with E-state index in [0.717, 1.165) is 0 Å². The molecule has 78 valence electrons. The van der Waals surface area contributed by atoms with E-state index in [-0.39, 0.29) is 11.1 Å². The van der Waals surface area contributed by atoms with Crippen molar-refractivity contribution < 1.29 is 0 Å². The Hall–Kier alpha value is -2.19. The van der Waals surface area contributed by atoms with Crippen LogP contribution in [0.25, 0.3) is 11.4 Å². The van der Waals surface area contributed by atoms with Gasteiger partial charge in [0.15, 0.2) is 0 Å². The van der Waals surface area contributed by atoms with Crippen molar-refractivity contribution in [1.82, 2.24) is 15.0 Å². The van der Waals surface area contributed by atoms with E-state index < -0.39 is 0 Å². The van der Waals surface area contributed by atoms with E-state index in [2.05, 4.69) is 15.0 Å². The third kappa shape index (κ3) is 2.07. The van der Waals surface area contributed by atoms with Gasteiger partial charge in [0.25, 0.3) is 0 Å². The third-order valence-corrected chi connectivity index (χ3v) is 2.01. The normalized spacial score (nSPS) is 9.75. The van der Waals surface area contributed by atoms with Crippen molar-refractivity contribution in [1.29, 1.82) is 5.26 Å². The third-order valence-electron chi connectivity index (χ3n) is 1.84. The van der Waals surface area contributed by atoms with Crippen LogP contribution >= 0.6 is 11.6 Å². The molecule has 0 saturated heterocycles. The molecule has 0 fully saturated rings. The average molecular weight is 232 g/mol. The van der Waals surface area contributed by atoms with Crippen molar-refractivity contribution in [3.8, 4) is 17.5 Å². The van der Waals surface area contributed by atoms with Crippen LogP contribution in [0.15, 0.2) is 24.3 Å². The number of hydrogen-bond acceptors (Lipinski definition) is 5. The number of anilines is 1. The molecule has 0 atom stereocenters. The van der Waals surface area contributed by atoms with E-state index in [0.29, 0.717) is 17.1 Å². The van der Waals surface area contributed by atoms with Crippen LogP contribution in [0.4, 0.5) is 5.82 Å². The van der Waals surface area contributed by atoms with Gasteiger partial charge in [0, 0.05) is 6.07 Å². The molecule has 16 heavy (non-hydrogen) atoms. The molecule has 0 spiro atoms. The molecule has 0 aliphatic rings. The molecule has 0 aliphatic carbocycles. The molecule has 0 amide bonds. The Bertz CT molecular complexity index is 555. The fraction of sp³-hybridized carbons (Fsp3) is 0. The lowest BCUT2D eigenvalue weighted by Crippen LogP contribution is -1.96. The predicted octanol–water partition coefficient (Wildman–Crippen LogP) is 1.65. The van der Waals surface area contributed by atoms with E-state index in [1.807, 2.05) is 6.07 Å². The van der Waals surface area contributed by atoms with Gasteiger partial charge in [0.1, 0.15) is 17.6 Å². The van der Waals surface area contributed by atoms with E-state index in [9.17, 15) is 0 Å². The first-order valence-electron chi connectivity index (χ1n) is 4.36. The monoisotopic (exact) mass is 231 g/mol. The Morgan fingerprint density at radius 2 is 2.00 bits per heavy atom. The summed E-state index contributed by atoms with van der Waals surface area (Å²) in [7, 11) is 0. The van der Waals surface area contributed by atoms with Gasteiger partial charge in [-0.15, -0.1) is 0 Å². The summed E-state index contributed by atoms with van der Waals surface area (Å²) in [6, 6.07) is 8.54. The van der Waals surface area contributed by atoms with E-state index in [1.54, 1.807) is 24.3 Å². The molecular weight excluding hydrogens is 226 g/mol. The molecule has 2 heterocycles. The number of aromatic nitrogens is 3. The van der Waals surface area contributed by atoms with Gasteiger partial charge >= 0.3 is 0 Å². The summed E-state index contributed by atoms with van der Waals surface area (Å²) in [5.74, 6) is 0.263. The molecule has 2 aromatic rings. The first-order valence-corrected chi connectivity index (χ1v) is 4.74. The van der Waals surface area contributed by atoms with Crippen LogP contribution in [-0.4, -0.2) is 15.0 Å².